The predicted octanol–water partition coefficient (Wildman–Crippen LogP) is 3.68. The summed E-state index contributed by atoms with van der Waals surface area (Å²) in [6, 6.07) is 14.9. The fraction of sp³-hybridized carbons (Fsp3) is 0.0500. The Morgan fingerprint density at radius 3 is 2.50 bits per heavy atom. The molecular weight excluding hydrogens is 360 g/mol. The van der Waals surface area contributed by atoms with E-state index in [1.807, 2.05) is 12.1 Å². The van der Waals surface area contributed by atoms with E-state index in [0.717, 1.165) is 11.1 Å². The molecule has 1 heterocycles. The lowest BCUT2D eigenvalue weighted by atomic mass is 10.1. The monoisotopic (exact) mass is 378 g/mol. The summed E-state index contributed by atoms with van der Waals surface area (Å²) in [6.07, 6.45) is 0.457. The highest BCUT2D eigenvalue weighted by molar-refractivity contribution is 6.06. The molecule has 0 unspecified atom stereocenters. The number of nitrogens with zero attached hydrogens (tertiary/aromatic N) is 1. The molecule has 8 nitrogen and oxygen atoms in total. The van der Waals surface area contributed by atoms with Gasteiger partial charge in [-0.3, -0.25) is 10.1 Å². The van der Waals surface area contributed by atoms with Crippen LogP contribution in [0.4, 0.5) is 21.9 Å². The molecule has 8 heteroatoms. The van der Waals surface area contributed by atoms with E-state index in [0.29, 0.717) is 28.5 Å². The van der Waals surface area contributed by atoms with Gasteiger partial charge in [-0.15, -0.1) is 0 Å². The first-order chi connectivity index (χ1) is 13.5. The minimum absolute atomic E-state index is 0.361. The highest BCUT2D eigenvalue weighted by Crippen LogP contribution is 2.32. The molecule has 0 atom stereocenters. The van der Waals surface area contributed by atoms with Gasteiger partial charge in [0.25, 0.3) is 5.91 Å². The van der Waals surface area contributed by atoms with Crippen LogP contribution in [-0.4, -0.2) is 29.2 Å². The second-order valence-corrected chi connectivity index (χ2v) is 5.82. The molecule has 0 spiro atoms. The Balaban J connectivity index is 1.84. The average Bonchev–Trinajstić information content (AvgIpc) is 2.69. The van der Waals surface area contributed by atoms with Gasteiger partial charge in [0.15, 0.2) is 0 Å². The summed E-state index contributed by atoms with van der Waals surface area (Å²) in [5.41, 5.74) is 9.14. The van der Waals surface area contributed by atoms with Crippen LogP contribution in [0.5, 0.6) is 5.88 Å². The van der Waals surface area contributed by atoms with Crippen molar-refractivity contribution in [2.45, 2.75) is 0 Å². The standard InChI is InChI=1S/C20H18N4O4/c1-28-19-15(3-2-10-22-19)13-6-9-16(21)17(11-13)24-18(25)12-4-7-14(8-5-12)23-20(26)27/h2-11,23H,21H2,1H3,(H,24,25)(H,26,27). The lowest BCUT2D eigenvalue weighted by Crippen LogP contribution is -2.13. The normalized spacial score (nSPS) is 10.2. The van der Waals surface area contributed by atoms with Crippen molar-refractivity contribution >= 4 is 29.1 Å². The third-order valence-corrected chi connectivity index (χ3v) is 3.98. The molecule has 2 amide bonds. The number of carbonyl (C=O) groups excluding carboxylic acids is 1. The number of ether oxygens (including phenoxy) is 1. The Morgan fingerprint density at radius 2 is 1.82 bits per heavy atom. The number of aromatic nitrogens is 1. The quantitative estimate of drug-likeness (QED) is 0.502. The molecule has 28 heavy (non-hydrogen) atoms. The summed E-state index contributed by atoms with van der Waals surface area (Å²) in [7, 11) is 1.54. The van der Waals surface area contributed by atoms with Crippen molar-refractivity contribution in [2.75, 3.05) is 23.5 Å². The number of methoxy groups -OCH3 is 1. The first-order valence-corrected chi connectivity index (χ1v) is 8.28. The van der Waals surface area contributed by atoms with Gasteiger partial charge in [0, 0.05) is 23.0 Å². The zero-order chi connectivity index (χ0) is 20.1. The van der Waals surface area contributed by atoms with E-state index in [1.165, 1.54) is 31.4 Å². The van der Waals surface area contributed by atoms with Gasteiger partial charge < -0.3 is 20.9 Å². The molecule has 3 aromatic rings. The average molecular weight is 378 g/mol. The number of hydrogen-bond donors (Lipinski definition) is 4. The Labute approximate surface area is 161 Å². The maximum atomic E-state index is 12.5. The number of nitrogens with one attached hydrogen (secondary N) is 2. The van der Waals surface area contributed by atoms with E-state index in [1.54, 1.807) is 24.4 Å². The van der Waals surface area contributed by atoms with Crippen molar-refractivity contribution in [1.29, 1.82) is 0 Å². The molecule has 3 rings (SSSR count). The largest absolute Gasteiger partial charge is 0.481 e. The topological polar surface area (TPSA) is 127 Å². The molecule has 2 aromatic carbocycles. The Kier molecular flexibility index (Phi) is 5.40. The molecule has 142 valence electrons. The van der Waals surface area contributed by atoms with Crippen molar-refractivity contribution in [1.82, 2.24) is 4.98 Å². The fourth-order valence-corrected chi connectivity index (χ4v) is 2.63. The van der Waals surface area contributed by atoms with Crippen LogP contribution >= 0.6 is 0 Å². The lowest BCUT2D eigenvalue weighted by molar-refractivity contribution is 0.102. The van der Waals surface area contributed by atoms with Gasteiger partial charge in [-0.2, -0.15) is 0 Å². The third-order valence-electron chi connectivity index (χ3n) is 3.98. The summed E-state index contributed by atoms with van der Waals surface area (Å²) in [6.45, 7) is 0. The molecule has 0 bridgehead atoms. The van der Waals surface area contributed by atoms with E-state index in [4.69, 9.17) is 15.6 Å². The van der Waals surface area contributed by atoms with Gasteiger partial charge in [-0.1, -0.05) is 6.07 Å². The van der Waals surface area contributed by atoms with E-state index in [9.17, 15) is 9.59 Å². The van der Waals surface area contributed by atoms with E-state index in [-0.39, 0.29) is 5.91 Å². The summed E-state index contributed by atoms with van der Waals surface area (Å²) in [5, 5.41) is 13.7. The van der Waals surface area contributed by atoms with Crippen molar-refractivity contribution < 1.29 is 19.4 Å². The summed E-state index contributed by atoms with van der Waals surface area (Å²) in [4.78, 5) is 27.3. The Morgan fingerprint density at radius 1 is 1.07 bits per heavy atom. The Bertz CT molecular complexity index is 1020. The maximum absolute atomic E-state index is 12.5. The minimum atomic E-state index is -1.17. The van der Waals surface area contributed by atoms with Gasteiger partial charge in [0.1, 0.15) is 0 Å². The van der Waals surface area contributed by atoms with Crippen molar-refractivity contribution in [3.05, 3.63) is 66.4 Å². The van der Waals surface area contributed by atoms with E-state index < -0.39 is 6.09 Å². The minimum Gasteiger partial charge on any atom is -0.481 e. The second-order valence-electron chi connectivity index (χ2n) is 5.82. The van der Waals surface area contributed by atoms with Crippen LogP contribution in [0, 0.1) is 0 Å². The van der Waals surface area contributed by atoms with Crippen LogP contribution in [-0.2, 0) is 0 Å². The molecule has 0 fully saturated rings. The summed E-state index contributed by atoms with van der Waals surface area (Å²) in [5.74, 6) is 0.0925. The molecule has 0 aliphatic carbocycles. The third kappa shape index (κ3) is 4.18. The molecule has 0 saturated heterocycles. The SMILES string of the molecule is COc1ncccc1-c1ccc(N)c(NC(=O)c2ccc(NC(=O)O)cc2)c1. The number of rotatable bonds is 5. The highest BCUT2D eigenvalue weighted by atomic mass is 16.5. The lowest BCUT2D eigenvalue weighted by Gasteiger charge is -2.12. The molecule has 5 N–H and O–H groups in total. The van der Waals surface area contributed by atoms with Crippen molar-refractivity contribution in [2.24, 2.45) is 0 Å². The number of nitrogen functional groups attached to an aromatic ring is 1. The molecular formula is C20H18N4O4. The van der Waals surface area contributed by atoms with E-state index in [2.05, 4.69) is 15.6 Å². The van der Waals surface area contributed by atoms with Crippen LogP contribution in [0.25, 0.3) is 11.1 Å². The second kappa shape index (κ2) is 8.09. The zero-order valence-corrected chi connectivity index (χ0v) is 15.0. The van der Waals surface area contributed by atoms with Gasteiger partial charge in [0.2, 0.25) is 5.88 Å². The van der Waals surface area contributed by atoms with Crippen molar-refractivity contribution in [3.8, 4) is 17.0 Å². The molecule has 0 saturated carbocycles. The number of pyridine rings is 1. The van der Waals surface area contributed by atoms with Crippen LogP contribution in [0.15, 0.2) is 60.8 Å². The first kappa shape index (κ1) is 18.7. The number of carboxylic acid groups (broad SMARTS) is 1. The smallest absolute Gasteiger partial charge is 0.409 e. The number of amides is 2. The molecule has 0 aliphatic heterocycles. The summed E-state index contributed by atoms with van der Waals surface area (Å²) < 4.78 is 5.28. The highest BCUT2D eigenvalue weighted by Gasteiger charge is 2.12. The predicted molar refractivity (Wildman–Crippen MR) is 107 cm³/mol. The number of nitrogens with two attached hydrogens (primary N) is 1. The Hall–Kier alpha value is -4.07. The van der Waals surface area contributed by atoms with Gasteiger partial charge in [-0.25, -0.2) is 9.78 Å². The summed E-state index contributed by atoms with van der Waals surface area (Å²) >= 11 is 0. The van der Waals surface area contributed by atoms with Gasteiger partial charge in [-0.05, 0) is 54.1 Å². The van der Waals surface area contributed by atoms with Gasteiger partial charge in [0.05, 0.1) is 18.5 Å². The van der Waals surface area contributed by atoms with Crippen LogP contribution in [0.1, 0.15) is 10.4 Å². The molecule has 0 radical (unpaired) electrons. The maximum Gasteiger partial charge on any atom is 0.409 e. The number of anilines is 3. The molecule has 1 aromatic heterocycles. The van der Waals surface area contributed by atoms with Crippen LogP contribution in [0.2, 0.25) is 0 Å². The fourth-order valence-electron chi connectivity index (χ4n) is 2.63. The number of benzene rings is 2. The molecule has 0 aliphatic rings. The van der Waals surface area contributed by atoms with Crippen LogP contribution in [0.3, 0.4) is 0 Å². The van der Waals surface area contributed by atoms with Gasteiger partial charge >= 0.3 is 6.09 Å². The van der Waals surface area contributed by atoms with Crippen LogP contribution < -0.4 is 21.1 Å². The number of hydrogen-bond acceptors (Lipinski definition) is 5. The first-order valence-electron chi connectivity index (χ1n) is 8.28. The van der Waals surface area contributed by atoms with Crippen molar-refractivity contribution in [3.63, 3.8) is 0 Å². The van der Waals surface area contributed by atoms with E-state index >= 15 is 0 Å². The zero-order valence-electron chi connectivity index (χ0n) is 15.0. The number of carbonyl (C=O) groups is 2.